The van der Waals surface area contributed by atoms with Gasteiger partial charge in [-0.15, -0.1) is 0 Å². The molecule has 0 aliphatic rings. The number of rotatable bonds is 3. The fourth-order valence-electron chi connectivity index (χ4n) is 2.18. The van der Waals surface area contributed by atoms with Crippen molar-refractivity contribution >= 4 is 28.8 Å². The summed E-state index contributed by atoms with van der Waals surface area (Å²) in [6.07, 6.45) is 0. The van der Waals surface area contributed by atoms with Gasteiger partial charge in [0, 0.05) is 11.8 Å². The molecule has 0 fully saturated rings. The number of H-pyrrole nitrogens is 1. The van der Waals surface area contributed by atoms with Crippen molar-refractivity contribution in [2.24, 2.45) is 0 Å². The third kappa shape index (κ3) is 3.96. The van der Waals surface area contributed by atoms with Crippen molar-refractivity contribution in [2.75, 3.05) is 10.6 Å². The number of anilines is 2. The number of aryl methyl sites for hydroxylation is 2. The predicted octanol–water partition coefficient (Wildman–Crippen LogP) is 4.50. The molecule has 0 aliphatic carbocycles. The van der Waals surface area contributed by atoms with Crippen LogP contribution >= 0.6 is 12.2 Å². The quantitative estimate of drug-likeness (QED) is 0.621. The van der Waals surface area contributed by atoms with E-state index in [1.54, 1.807) is 0 Å². The third-order valence-electron chi connectivity index (χ3n) is 3.49. The maximum Gasteiger partial charge on any atom is 0.176 e. The minimum atomic E-state index is 0.510. The highest BCUT2D eigenvalue weighted by atomic mass is 32.1. The first kappa shape index (κ1) is 15.2. The molecule has 0 atom stereocenters. The first-order valence-electron chi connectivity index (χ1n) is 7.37. The van der Waals surface area contributed by atoms with Crippen LogP contribution in [0, 0.1) is 13.8 Å². The molecule has 116 valence electrons. The van der Waals surface area contributed by atoms with Crippen LogP contribution in [0.4, 0.5) is 11.5 Å². The minimum Gasteiger partial charge on any atom is -0.332 e. The highest BCUT2D eigenvalue weighted by molar-refractivity contribution is 7.80. The molecular formula is C18H18N4S. The average Bonchev–Trinajstić information content (AvgIpc) is 2.98. The van der Waals surface area contributed by atoms with Gasteiger partial charge in [0.05, 0.1) is 5.69 Å². The molecule has 5 heteroatoms. The molecule has 1 aromatic heterocycles. The number of nitrogens with one attached hydrogen (secondary N) is 3. The van der Waals surface area contributed by atoms with Gasteiger partial charge in [0.25, 0.3) is 0 Å². The lowest BCUT2D eigenvalue weighted by Crippen LogP contribution is -2.19. The van der Waals surface area contributed by atoms with Crippen LogP contribution in [0.3, 0.4) is 0 Å². The summed E-state index contributed by atoms with van der Waals surface area (Å²) in [6, 6.07) is 18.3. The predicted molar refractivity (Wildman–Crippen MR) is 99.8 cm³/mol. The summed E-state index contributed by atoms with van der Waals surface area (Å²) in [7, 11) is 0. The molecule has 3 aromatic rings. The van der Waals surface area contributed by atoms with E-state index < -0.39 is 0 Å². The zero-order valence-electron chi connectivity index (χ0n) is 13.1. The Morgan fingerprint density at radius 1 is 0.913 bits per heavy atom. The van der Waals surface area contributed by atoms with E-state index in [4.69, 9.17) is 12.2 Å². The average molecular weight is 322 g/mol. The Morgan fingerprint density at radius 3 is 2.17 bits per heavy atom. The molecule has 0 radical (unpaired) electrons. The molecule has 0 unspecified atom stereocenters. The van der Waals surface area contributed by atoms with Gasteiger partial charge in [-0.25, -0.2) is 0 Å². The summed E-state index contributed by atoms with van der Waals surface area (Å²) in [5.74, 6) is 0.685. The Labute approximate surface area is 140 Å². The lowest BCUT2D eigenvalue weighted by Gasteiger charge is -2.08. The van der Waals surface area contributed by atoms with Gasteiger partial charge in [-0.1, -0.05) is 47.5 Å². The van der Waals surface area contributed by atoms with Crippen LogP contribution in [0.5, 0.6) is 0 Å². The van der Waals surface area contributed by atoms with Crippen molar-refractivity contribution in [3.8, 4) is 11.3 Å². The molecule has 2 aromatic carbocycles. The van der Waals surface area contributed by atoms with Crippen LogP contribution in [0.2, 0.25) is 0 Å². The fraction of sp³-hybridized carbons (Fsp3) is 0.111. The van der Waals surface area contributed by atoms with Crippen molar-refractivity contribution in [1.82, 2.24) is 10.2 Å². The molecule has 1 heterocycles. The van der Waals surface area contributed by atoms with Gasteiger partial charge in [-0.3, -0.25) is 5.10 Å². The fourth-order valence-corrected chi connectivity index (χ4v) is 2.40. The largest absolute Gasteiger partial charge is 0.332 e. The Kier molecular flexibility index (Phi) is 4.39. The Balaban J connectivity index is 1.65. The Morgan fingerprint density at radius 2 is 1.52 bits per heavy atom. The summed E-state index contributed by atoms with van der Waals surface area (Å²) in [5, 5.41) is 14.0. The molecule has 0 bridgehead atoms. The number of hydrogen-bond acceptors (Lipinski definition) is 2. The molecule has 0 spiro atoms. The molecule has 0 saturated heterocycles. The normalized spacial score (nSPS) is 10.3. The second-order valence-electron chi connectivity index (χ2n) is 5.48. The van der Waals surface area contributed by atoms with E-state index >= 15 is 0 Å². The zero-order chi connectivity index (χ0) is 16.2. The van der Waals surface area contributed by atoms with Gasteiger partial charge in [-0.2, -0.15) is 5.10 Å². The zero-order valence-corrected chi connectivity index (χ0v) is 13.9. The number of thiocarbonyl (C=S) groups is 1. The minimum absolute atomic E-state index is 0.510. The summed E-state index contributed by atoms with van der Waals surface area (Å²) < 4.78 is 0. The van der Waals surface area contributed by atoms with E-state index in [2.05, 4.69) is 58.9 Å². The van der Waals surface area contributed by atoms with Gasteiger partial charge in [-0.05, 0) is 43.8 Å². The van der Waals surface area contributed by atoms with Gasteiger partial charge in [0.15, 0.2) is 10.9 Å². The van der Waals surface area contributed by atoms with E-state index in [9.17, 15) is 0 Å². The second kappa shape index (κ2) is 6.62. The maximum atomic E-state index is 5.32. The van der Waals surface area contributed by atoms with Crippen molar-refractivity contribution in [3.05, 3.63) is 65.7 Å². The summed E-state index contributed by atoms with van der Waals surface area (Å²) >= 11 is 5.32. The van der Waals surface area contributed by atoms with Crippen LogP contribution in [-0.2, 0) is 0 Å². The molecular weight excluding hydrogens is 304 g/mol. The van der Waals surface area contributed by atoms with E-state index in [1.807, 2.05) is 30.3 Å². The lowest BCUT2D eigenvalue weighted by atomic mass is 10.1. The standard InChI is InChI=1S/C18H18N4S/c1-12-3-7-14(8-4-12)16-11-17(22-21-16)20-18(23)19-15-9-5-13(2)6-10-15/h3-11H,1-2H3,(H3,19,20,21,22,23). The number of aromatic nitrogens is 2. The van der Waals surface area contributed by atoms with Gasteiger partial charge in [0.1, 0.15) is 0 Å². The number of benzene rings is 2. The first-order chi connectivity index (χ1) is 11.1. The van der Waals surface area contributed by atoms with Gasteiger partial charge in [0.2, 0.25) is 0 Å². The van der Waals surface area contributed by atoms with Crippen LogP contribution in [-0.4, -0.2) is 15.3 Å². The number of aromatic amines is 1. The molecule has 0 saturated carbocycles. The first-order valence-corrected chi connectivity index (χ1v) is 7.78. The van der Waals surface area contributed by atoms with Gasteiger partial charge >= 0.3 is 0 Å². The smallest absolute Gasteiger partial charge is 0.176 e. The summed E-state index contributed by atoms with van der Waals surface area (Å²) in [4.78, 5) is 0. The van der Waals surface area contributed by atoms with Crippen LogP contribution in [0.25, 0.3) is 11.3 Å². The summed E-state index contributed by atoms with van der Waals surface area (Å²) in [6.45, 7) is 4.12. The number of nitrogens with zero attached hydrogens (tertiary/aromatic N) is 1. The molecule has 0 aliphatic heterocycles. The molecule has 4 nitrogen and oxygen atoms in total. The SMILES string of the molecule is Cc1ccc(NC(=S)Nc2cc(-c3ccc(C)cc3)[nH]n2)cc1. The van der Waals surface area contributed by atoms with Crippen molar-refractivity contribution in [1.29, 1.82) is 0 Å². The van der Waals surface area contributed by atoms with Crippen molar-refractivity contribution in [3.63, 3.8) is 0 Å². The molecule has 3 N–H and O–H groups in total. The van der Waals surface area contributed by atoms with E-state index in [-0.39, 0.29) is 0 Å². The van der Waals surface area contributed by atoms with Crippen molar-refractivity contribution in [2.45, 2.75) is 13.8 Å². The van der Waals surface area contributed by atoms with Crippen LogP contribution in [0.15, 0.2) is 54.6 Å². The number of hydrogen-bond donors (Lipinski definition) is 3. The summed E-state index contributed by atoms with van der Waals surface area (Å²) in [5.41, 5.74) is 5.43. The Bertz CT molecular complexity index is 804. The van der Waals surface area contributed by atoms with Gasteiger partial charge < -0.3 is 10.6 Å². The van der Waals surface area contributed by atoms with E-state index in [0.29, 0.717) is 10.9 Å². The second-order valence-corrected chi connectivity index (χ2v) is 5.89. The lowest BCUT2D eigenvalue weighted by molar-refractivity contribution is 1.10. The molecule has 0 amide bonds. The van der Waals surface area contributed by atoms with Crippen LogP contribution < -0.4 is 10.6 Å². The molecule has 3 rings (SSSR count). The highest BCUT2D eigenvalue weighted by Gasteiger charge is 2.05. The Hall–Kier alpha value is -2.66. The molecule has 23 heavy (non-hydrogen) atoms. The van der Waals surface area contributed by atoms with Crippen molar-refractivity contribution < 1.29 is 0 Å². The monoisotopic (exact) mass is 322 g/mol. The maximum absolute atomic E-state index is 5.32. The third-order valence-corrected chi connectivity index (χ3v) is 3.70. The van der Waals surface area contributed by atoms with Crippen LogP contribution in [0.1, 0.15) is 11.1 Å². The van der Waals surface area contributed by atoms with E-state index in [1.165, 1.54) is 11.1 Å². The van der Waals surface area contributed by atoms with E-state index in [0.717, 1.165) is 16.9 Å². The highest BCUT2D eigenvalue weighted by Crippen LogP contribution is 2.20. The topological polar surface area (TPSA) is 52.7 Å².